The van der Waals surface area contributed by atoms with Crippen LogP contribution in [0.3, 0.4) is 0 Å². The fraction of sp³-hybridized carbons (Fsp3) is 0.533. The number of esters is 1. The molecule has 3 atom stereocenters. The average molecular weight is 510 g/mol. The molecule has 0 N–H and O–H groups in total. The number of ether oxygens (including phenoxy) is 2. The molecule has 0 unspecified atom stereocenters. The Morgan fingerprint density at radius 1 is 1.19 bits per heavy atom. The predicted molar refractivity (Wildman–Crippen MR) is 142 cm³/mol. The maximum Gasteiger partial charge on any atom is 0.338 e. The quantitative estimate of drug-likeness (QED) is 0.345. The van der Waals surface area contributed by atoms with Gasteiger partial charge in [0, 0.05) is 29.9 Å². The zero-order valence-corrected chi connectivity index (χ0v) is 22.3. The van der Waals surface area contributed by atoms with Gasteiger partial charge in [-0.25, -0.2) is 4.79 Å². The van der Waals surface area contributed by atoms with E-state index in [0.29, 0.717) is 30.4 Å². The molecule has 6 heteroatoms. The minimum atomic E-state index is -0.564. The van der Waals surface area contributed by atoms with Crippen LogP contribution in [-0.2, 0) is 21.4 Å². The van der Waals surface area contributed by atoms with Gasteiger partial charge in [-0.05, 0) is 106 Å². The van der Waals surface area contributed by atoms with Crippen molar-refractivity contribution in [1.29, 1.82) is 0 Å². The van der Waals surface area contributed by atoms with Crippen molar-refractivity contribution in [3.63, 3.8) is 0 Å². The molecule has 1 heterocycles. The highest BCUT2D eigenvalue weighted by molar-refractivity contribution is 6.30. The van der Waals surface area contributed by atoms with E-state index in [2.05, 4.69) is 17.0 Å². The van der Waals surface area contributed by atoms with Crippen LogP contribution in [0.2, 0.25) is 5.02 Å². The number of hydrogen-bond acceptors (Lipinski definition) is 5. The fourth-order valence-electron chi connectivity index (χ4n) is 6.17. The Kier molecular flexibility index (Phi) is 6.80. The van der Waals surface area contributed by atoms with Crippen LogP contribution in [0.4, 0.5) is 5.69 Å². The molecule has 0 radical (unpaired) electrons. The van der Waals surface area contributed by atoms with Crippen LogP contribution in [0.1, 0.15) is 74.4 Å². The number of carbonyl (C=O) groups excluding carboxylic acids is 2. The van der Waals surface area contributed by atoms with Crippen molar-refractivity contribution < 1.29 is 19.1 Å². The molecule has 3 aliphatic rings. The number of aldehydes is 1. The van der Waals surface area contributed by atoms with E-state index < -0.39 is 5.60 Å². The van der Waals surface area contributed by atoms with Crippen LogP contribution in [0, 0.1) is 11.8 Å². The summed E-state index contributed by atoms with van der Waals surface area (Å²) in [6, 6.07) is 11.9. The second kappa shape index (κ2) is 9.74. The lowest BCUT2D eigenvalue weighted by Gasteiger charge is -2.44. The van der Waals surface area contributed by atoms with Gasteiger partial charge in [0.25, 0.3) is 0 Å². The molecule has 0 aromatic heterocycles. The molecule has 2 aromatic carbocycles. The molecule has 2 aliphatic carbocycles. The minimum Gasteiger partial charge on any atom is -0.490 e. The molecule has 5 nitrogen and oxygen atoms in total. The van der Waals surface area contributed by atoms with Crippen LogP contribution in [0.25, 0.3) is 0 Å². The maximum absolute atomic E-state index is 12.9. The highest BCUT2D eigenvalue weighted by Gasteiger charge is 2.43. The minimum absolute atomic E-state index is 0.160. The van der Waals surface area contributed by atoms with Crippen molar-refractivity contribution >= 4 is 29.5 Å². The number of carbonyl (C=O) groups is 2. The fourth-order valence-corrected chi connectivity index (χ4v) is 6.37. The van der Waals surface area contributed by atoms with Crippen molar-refractivity contribution in [2.45, 2.75) is 70.3 Å². The van der Waals surface area contributed by atoms with E-state index in [9.17, 15) is 9.59 Å². The Labute approximate surface area is 219 Å². The summed E-state index contributed by atoms with van der Waals surface area (Å²) in [7, 11) is 0. The third-order valence-corrected chi connectivity index (χ3v) is 8.34. The van der Waals surface area contributed by atoms with Gasteiger partial charge in [0.15, 0.2) is 0 Å². The largest absolute Gasteiger partial charge is 0.490 e. The molecule has 1 aliphatic heterocycles. The lowest BCUT2D eigenvalue weighted by atomic mass is 9.69. The van der Waals surface area contributed by atoms with Crippen molar-refractivity contribution in [3.8, 4) is 5.75 Å². The van der Waals surface area contributed by atoms with Crippen molar-refractivity contribution in [2.24, 2.45) is 11.8 Å². The molecule has 36 heavy (non-hydrogen) atoms. The van der Waals surface area contributed by atoms with E-state index in [-0.39, 0.29) is 11.4 Å². The van der Waals surface area contributed by atoms with E-state index in [4.69, 9.17) is 21.1 Å². The summed E-state index contributed by atoms with van der Waals surface area (Å²) in [5, 5.41) is 0.772. The lowest BCUT2D eigenvalue weighted by Crippen LogP contribution is -2.48. The first-order valence-electron chi connectivity index (χ1n) is 13.2. The van der Waals surface area contributed by atoms with Gasteiger partial charge < -0.3 is 19.2 Å². The first-order chi connectivity index (χ1) is 17.2. The molecular weight excluding hydrogens is 474 g/mol. The Morgan fingerprint density at radius 2 is 2.00 bits per heavy atom. The summed E-state index contributed by atoms with van der Waals surface area (Å²) < 4.78 is 12.2. The SMILES string of the molecule is CC(C)(C)OC(=O)c1ccc2c(c1)N(C[C@@H]1CC[C@H]1CC=O)C[C@@]1(CCCc3cc(Cl)ccc31)CO2. The van der Waals surface area contributed by atoms with Gasteiger partial charge in [-0.15, -0.1) is 0 Å². The molecule has 5 rings (SSSR count). The Bertz CT molecular complexity index is 1160. The second-order valence-corrected chi connectivity index (χ2v) is 12.2. The van der Waals surface area contributed by atoms with Crippen LogP contribution in [-0.4, -0.2) is 37.6 Å². The molecule has 1 spiro atoms. The summed E-state index contributed by atoms with van der Waals surface area (Å²) in [5.41, 5.74) is 3.37. The zero-order chi connectivity index (χ0) is 25.5. The molecular formula is C30H36ClNO4. The molecule has 192 valence electrons. The molecule has 1 fully saturated rings. The van der Waals surface area contributed by atoms with Gasteiger partial charge in [-0.2, -0.15) is 0 Å². The van der Waals surface area contributed by atoms with Gasteiger partial charge in [0.1, 0.15) is 17.6 Å². The van der Waals surface area contributed by atoms with Gasteiger partial charge in [-0.3, -0.25) is 0 Å². The summed E-state index contributed by atoms with van der Waals surface area (Å²) in [6.45, 7) is 7.87. The smallest absolute Gasteiger partial charge is 0.338 e. The van der Waals surface area contributed by atoms with E-state index in [1.165, 1.54) is 11.1 Å². The Balaban J connectivity index is 1.52. The molecule has 0 bridgehead atoms. The third kappa shape index (κ3) is 5.00. The average Bonchev–Trinajstić information content (AvgIpc) is 2.96. The summed E-state index contributed by atoms with van der Waals surface area (Å²) in [4.78, 5) is 26.6. The van der Waals surface area contributed by atoms with Gasteiger partial charge in [0.2, 0.25) is 0 Å². The number of benzene rings is 2. The first-order valence-corrected chi connectivity index (χ1v) is 13.5. The van der Waals surface area contributed by atoms with Crippen molar-refractivity contribution in [3.05, 3.63) is 58.1 Å². The number of nitrogens with zero attached hydrogens (tertiary/aromatic N) is 1. The number of hydrogen-bond donors (Lipinski definition) is 0. The number of anilines is 1. The van der Waals surface area contributed by atoms with Crippen molar-refractivity contribution in [1.82, 2.24) is 0 Å². The highest BCUT2D eigenvalue weighted by Crippen LogP contribution is 2.46. The van der Waals surface area contributed by atoms with Crippen LogP contribution in [0.5, 0.6) is 5.75 Å². The second-order valence-electron chi connectivity index (χ2n) is 11.8. The van der Waals surface area contributed by atoms with Crippen LogP contribution < -0.4 is 9.64 Å². The molecule has 2 aromatic rings. The topological polar surface area (TPSA) is 55.8 Å². The van der Waals surface area contributed by atoms with Gasteiger partial charge in [-0.1, -0.05) is 17.7 Å². The monoisotopic (exact) mass is 509 g/mol. The summed E-state index contributed by atoms with van der Waals surface area (Å²) in [6.07, 6.45) is 7.04. The van der Waals surface area contributed by atoms with Crippen LogP contribution in [0.15, 0.2) is 36.4 Å². The summed E-state index contributed by atoms with van der Waals surface area (Å²) >= 11 is 6.36. The normalized spacial score (nSPS) is 25.2. The Hall–Kier alpha value is -2.53. The lowest BCUT2D eigenvalue weighted by molar-refractivity contribution is -0.109. The number of halogens is 1. The van der Waals surface area contributed by atoms with E-state index >= 15 is 0 Å². The summed E-state index contributed by atoms with van der Waals surface area (Å²) in [5.74, 6) is 1.35. The Morgan fingerprint density at radius 3 is 2.72 bits per heavy atom. The van der Waals surface area contributed by atoms with Crippen LogP contribution >= 0.6 is 11.6 Å². The highest BCUT2D eigenvalue weighted by atomic mass is 35.5. The molecule has 0 amide bonds. The predicted octanol–water partition coefficient (Wildman–Crippen LogP) is 6.38. The third-order valence-electron chi connectivity index (χ3n) is 8.10. The van der Waals surface area contributed by atoms with Gasteiger partial charge >= 0.3 is 5.97 Å². The van der Waals surface area contributed by atoms with E-state index in [1.54, 1.807) is 6.07 Å². The number of rotatable bonds is 5. The van der Waals surface area contributed by atoms with Crippen molar-refractivity contribution in [2.75, 3.05) is 24.6 Å². The van der Waals surface area contributed by atoms with E-state index in [1.807, 2.05) is 39.0 Å². The van der Waals surface area contributed by atoms with Gasteiger partial charge in [0.05, 0.1) is 17.9 Å². The van der Waals surface area contributed by atoms with E-state index in [0.717, 1.165) is 67.9 Å². The number of aryl methyl sites for hydroxylation is 1. The zero-order valence-electron chi connectivity index (χ0n) is 21.5. The maximum atomic E-state index is 12.9. The number of fused-ring (bicyclic) bond motifs is 3. The standard InChI is InChI=1S/C30H36ClNO4/c1-29(2,3)36-28(34)22-8-11-27-26(16-22)32(17-23-7-6-20(23)12-14-33)18-30(19-35-27)13-4-5-21-15-24(31)9-10-25(21)30/h8-11,14-16,20,23H,4-7,12-13,17-19H2,1-3H3/t20-,23-,30-/m0/s1. The molecule has 1 saturated carbocycles. The molecule has 0 saturated heterocycles. The first kappa shape index (κ1) is 25.1.